The second-order valence-corrected chi connectivity index (χ2v) is 7.01. The zero-order chi connectivity index (χ0) is 18.0. The molecule has 3 aromatic carbocycles. The molecule has 128 valence electrons. The van der Waals surface area contributed by atoms with Crippen LogP contribution in [0.15, 0.2) is 54.6 Å². The van der Waals surface area contributed by atoms with Gasteiger partial charge in [-0.15, -0.1) is 0 Å². The fourth-order valence-electron chi connectivity index (χ4n) is 2.90. The molecule has 0 heterocycles. The van der Waals surface area contributed by atoms with Gasteiger partial charge >= 0.3 is 0 Å². The number of benzene rings is 3. The van der Waals surface area contributed by atoms with Crippen LogP contribution in [0, 0.1) is 20.8 Å². The number of hydrogen-bond donors (Lipinski definition) is 2. The first-order valence-electron chi connectivity index (χ1n) is 8.40. The van der Waals surface area contributed by atoms with E-state index in [-0.39, 0.29) is 0 Å². The molecule has 0 radical (unpaired) electrons. The van der Waals surface area contributed by atoms with Crippen LogP contribution in [0.3, 0.4) is 0 Å². The van der Waals surface area contributed by atoms with Gasteiger partial charge in [0.2, 0.25) is 0 Å². The fraction of sp³-hybridized carbons (Fsp3) is 0.182. The molecule has 0 spiro atoms. The standard InChI is InChI=1S/C22H23ClN2/c1-14-4-6-20(25-19-7-8-21(23)15(2)11-19)13-18(14)12-17-5-9-22(24)16(3)10-17/h4-11,13,25H,12,24H2,1-3H3. The Balaban J connectivity index is 1.84. The molecule has 0 amide bonds. The fourth-order valence-corrected chi connectivity index (χ4v) is 3.01. The summed E-state index contributed by atoms with van der Waals surface area (Å²) < 4.78 is 0. The third-order valence-electron chi connectivity index (χ3n) is 4.52. The van der Waals surface area contributed by atoms with Crippen LogP contribution in [0.25, 0.3) is 0 Å². The highest BCUT2D eigenvalue weighted by molar-refractivity contribution is 6.31. The van der Waals surface area contributed by atoms with E-state index in [2.05, 4.69) is 48.6 Å². The van der Waals surface area contributed by atoms with Crippen molar-refractivity contribution in [3.63, 3.8) is 0 Å². The molecule has 3 rings (SSSR count). The lowest BCUT2D eigenvalue weighted by Crippen LogP contribution is -1.97. The Labute approximate surface area is 154 Å². The number of nitrogens with two attached hydrogens (primary N) is 1. The summed E-state index contributed by atoms with van der Waals surface area (Å²) in [6, 6.07) is 18.7. The summed E-state index contributed by atoms with van der Waals surface area (Å²) in [6.07, 6.45) is 0.891. The average Bonchev–Trinajstić information content (AvgIpc) is 2.57. The van der Waals surface area contributed by atoms with E-state index >= 15 is 0 Å². The summed E-state index contributed by atoms with van der Waals surface area (Å²) in [4.78, 5) is 0. The number of hydrogen-bond acceptors (Lipinski definition) is 2. The van der Waals surface area contributed by atoms with Crippen molar-refractivity contribution in [2.75, 3.05) is 11.1 Å². The molecule has 0 aliphatic carbocycles. The largest absolute Gasteiger partial charge is 0.399 e. The van der Waals surface area contributed by atoms with Gasteiger partial charge in [-0.05, 0) is 91.4 Å². The van der Waals surface area contributed by atoms with Gasteiger partial charge in [0.15, 0.2) is 0 Å². The molecule has 0 aliphatic heterocycles. The molecule has 0 bridgehead atoms. The minimum atomic E-state index is 0.786. The predicted molar refractivity (Wildman–Crippen MR) is 109 cm³/mol. The molecule has 3 aromatic rings. The van der Waals surface area contributed by atoms with E-state index in [1.807, 2.05) is 32.0 Å². The maximum atomic E-state index is 6.11. The summed E-state index contributed by atoms with van der Waals surface area (Å²) in [5.41, 5.74) is 14.9. The number of aryl methyl sites for hydroxylation is 3. The lowest BCUT2D eigenvalue weighted by Gasteiger charge is -2.13. The smallest absolute Gasteiger partial charge is 0.0436 e. The van der Waals surface area contributed by atoms with Gasteiger partial charge in [0.1, 0.15) is 0 Å². The van der Waals surface area contributed by atoms with E-state index < -0.39 is 0 Å². The highest BCUT2D eigenvalue weighted by atomic mass is 35.5. The van der Waals surface area contributed by atoms with Crippen molar-refractivity contribution in [1.29, 1.82) is 0 Å². The van der Waals surface area contributed by atoms with Gasteiger partial charge in [-0.2, -0.15) is 0 Å². The predicted octanol–water partition coefficient (Wildman–Crippen LogP) is 6.18. The molecule has 0 saturated heterocycles. The molecule has 3 heteroatoms. The molecule has 0 atom stereocenters. The number of halogens is 1. The van der Waals surface area contributed by atoms with Crippen molar-refractivity contribution in [2.24, 2.45) is 0 Å². The number of rotatable bonds is 4. The molecular formula is C22H23ClN2. The Morgan fingerprint density at radius 3 is 2.24 bits per heavy atom. The zero-order valence-corrected chi connectivity index (χ0v) is 15.6. The summed E-state index contributed by atoms with van der Waals surface area (Å²) in [7, 11) is 0. The Bertz CT molecular complexity index is 916. The molecule has 25 heavy (non-hydrogen) atoms. The first-order chi connectivity index (χ1) is 11.9. The van der Waals surface area contributed by atoms with E-state index in [0.717, 1.165) is 39.6 Å². The summed E-state index contributed by atoms with van der Waals surface area (Å²) in [5.74, 6) is 0. The van der Waals surface area contributed by atoms with E-state index in [0.29, 0.717) is 0 Å². The molecule has 0 aliphatic rings. The van der Waals surface area contributed by atoms with Crippen LogP contribution in [0.4, 0.5) is 17.1 Å². The third kappa shape index (κ3) is 4.15. The van der Waals surface area contributed by atoms with Crippen LogP contribution in [0.2, 0.25) is 5.02 Å². The van der Waals surface area contributed by atoms with Crippen molar-refractivity contribution >= 4 is 28.7 Å². The van der Waals surface area contributed by atoms with Crippen molar-refractivity contribution in [3.05, 3.63) is 87.4 Å². The molecule has 0 fully saturated rings. The van der Waals surface area contributed by atoms with Gasteiger partial charge < -0.3 is 11.1 Å². The van der Waals surface area contributed by atoms with Gasteiger partial charge in [-0.1, -0.05) is 29.8 Å². The lowest BCUT2D eigenvalue weighted by molar-refractivity contribution is 1.15. The van der Waals surface area contributed by atoms with Gasteiger partial charge in [-0.3, -0.25) is 0 Å². The van der Waals surface area contributed by atoms with Crippen LogP contribution >= 0.6 is 11.6 Å². The first kappa shape index (κ1) is 17.4. The Hall–Kier alpha value is -2.45. The number of nitrogen functional groups attached to an aromatic ring is 1. The van der Waals surface area contributed by atoms with Crippen LogP contribution in [-0.2, 0) is 6.42 Å². The average molecular weight is 351 g/mol. The van der Waals surface area contributed by atoms with Crippen LogP contribution in [0.1, 0.15) is 27.8 Å². The maximum Gasteiger partial charge on any atom is 0.0436 e. The van der Waals surface area contributed by atoms with Crippen molar-refractivity contribution in [3.8, 4) is 0 Å². The van der Waals surface area contributed by atoms with E-state index in [4.69, 9.17) is 17.3 Å². The molecule has 2 nitrogen and oxygen atoms in total. The molecular weight excluding hydrogens is 328 g/mol. The van der Waals surface area contributed by atoms with Crippen LogP contribution in [0.5, 0.6) is 0 Å². The zero-order valence-electron chi connectivity index (χ0n) is 14.9. The van der Waals surface area contributed by atoms with E-state index in [9.17, 15) is 0 Å². The molecule has 0 aromatic heterocycles. The second kappa shape index (κ2) is 7.20. The van der Waals surface area contributed by atoms with Crippen molar-refractivity contribution < 1.29 is 0 Å². The quantitative estimate of drug-likeness (QED) is 0.551. The first-order valence-corrected chi connectivity index (χ1v) is 8.78. The van der Waals surface area contributed by atoms with Crippen molar-refractivity contribution in [1.82, 2.24) is 0 Å². The topological polar surface area (TPSA) is 38.0 Å². The summed E-state index contributed by atoms with van der Waals surface area (Å²) in [6.45, 7) is 6.21. The van der Waals surface area contributed by atoms with E-state index in [1.165, 1.54) is 16.7 Å². The van der Waals surface area contributed by atoms with Crippen LogP contribution < -0.4 is 11.1 Å². The molecule has 0 saturated carbocycles. The Morgan fingerprint density at radius 2 is 1.52 bits per heavy atom. The van der Waals surface area contributed by atoms with Crippen molar-refractivity contribution in [2.45, 2.75) is 27.2 Å². The SMILES string of the molecule is Cc1cc(Cc2cc(Nc3ccc(Cl)c(C)c3)ccc2C)ccc1N. The third-order valence-corrected chi connectivity index (χ3v) is 4.95. The highest BCUT2D eigenvalue weighted by Crippen LogP contribution is 2.25. The monoisotopic (exact) mass is 350 g/mol. The number of anilines is 3. The van der Waals surface area contributed by atoms with Crippen LogP contribution in [-0.4, -0.2) is 0 Å². The minimum absolute atomic E-state index is 0.786. The van der Waals surface area contributed by atoms with Gasteiger partial charge in [0.05, 0.1) is 0 Å². The minimum Gasteiger partial charge on any atom is -0.399 e. The highest BCUT2D eigenvalue weighted by Gasteiger charge is 2.05. The maximum absolute atomic E-state index is 6.11. The Morgan fingerprint density at radius 1 is 0.800 bits per heavy atom. The normalized spacial score (nSPS) is 10.7. The second-order valence-electron chi connectivity index (χ2n) is 6.60. The van der Waals surface area contributed by atoms with Gasteiger partial charge in [0, 0.05) is 22.1 Å². The van der Waals surface area contributed by atoms with Gasteiger partial charge in [0.25, 0.3) is 0 Å². The lowest BCUT2D eigenvalue weighted by atomic mass is 9.98. The summed E-state index contributed by atoms with van der Waals surface area (Å²) in [5, 5.41) is 4.25. The summed E-state index contributed by atoms with van der Waals surface area (Å²) >= 11 is 6.11. The number of nitrogens with one attached hydrogen (secondary N) is 1. The molecule has 0 unspecified atom stereocenters. The van der Waals surface area contributed by atoms with Gasteiger partial charge in [-0.25, -0.2) is 0 Å². The molecule has 3 N–H and O–H groups in total. The Kier molecular flexibility index (Phi) is 5.00. The van der Waals surface area contributed by atoms with E-state index in [1.54, 1.807) is 0 Å².